The molecule has 1 spiro atoms. The van der Waals surface area contributed by atoms with Gasteiger partial charge < -0.3 is 19.5 Å². The van der Waals surface area contributed by atoms with E-state index in [-0.39, 0.29) is 0 Å². The average Bonchev–Trinajstić information content (AvgIpc) is 2.93. The number of rotatable bonds is 1. The molecule has 1 saturated heterocycles. The number of piperidine rings is 1. The van der Waals surface area contributed by atoms with Gasteiger partial charge in [-0.1, -0.05) is 18.2 Å². The van der Waals surface area contributed by atoms with Crippen LogP contribution in [0.3, 0.4) is 0 Å². The molecule has 4 heteroatoms. The number of nitrogens with zero attached hydrogens (tertiary/aromatic N) is 1. The number of methoxy groups -OCH3 is 1. The summed E-state index contributed by atoms with van der Waals surface area (Å²) in [7, 11) is 3.34. The number of ether oxygens (including phenoxy) is 2. The lowest BCUT2D eigenvalue weighted by Crippen LogP contribution is -2.64. The van der Waals surface area contributed by atoms with Crippen molar-refractivity contribution in [1.82, 2.24) is 4.90 Å². The zero-order chi connectivity index (χ0) is 18.7. The first-order chi connectivity index (χ1) is 12.1. The van der Waals surface area contributed by atoms with Gasteiger partial charge in [-0.2, -0.15) is 0 Å². The molecule has 4 nitrogen and oxygen atoms in total. The summed E-state index contributed by atoms with van der Waals surface area (Å²) in [6.45, 7) is 0.560. The Balaban J connectivity index is 1.95. The molecule has 0 radical (unpaired) electrons. The van der Waals surface area contributed by atoms with Crippen molar-refractivity contribution in [3.8, 4) is 11.5 Å². The molecule has 1 N–H and O–H groups in total. The molecule has 22 heavy (non-hydrogen) atoms. The Hall–Kier alpha value is -1.52. The van der Waals surface area contributed by atoms with E-state index >= 15 is 0 Å². The molecule has 2 aliphatic heterocycles. The number of likely N-dealkylation sites (tertiary alicyclic amines) is 1. The third-order valence-electron chi connectivity index (χ3n) is 5.57. The summed E-state index contributed by atoms with van der Waals surface area (Å²) in [6.07, 6.45) is -1.44. The van der Waals surface area contributed by atoms with Gasteiger partial charge in [-0.25, -0.2) is 0 Å². The van der Waals surface area contributed by atoms with Gasteiger partial charge in [-0.15, -0.1) is 0 Å². The number of hydrogen-bond donors (Lipinski definition) is 1. The first-order valence-corrected chi connectivity index (χ1v) is 7.63. The van der Waals surface area contributed by atoms with E-state index in [1.165, 1.54) is 19.3 Å². The van der Waals surface area contributed by atoms with E-state index in [9.17, 15) is 6.48 Å². The fourth-order valence-electron chi connectivity index (χ4n) is 4.56. The highest BCUT2D eigenvalue weighted by molar-refractivity contribution is 5.62. The fourth-order valence-corrected chi connectivity index (χ4v) is 4.56. The summed E-state index contributed by atoms with van der Waals surface area (Å²) in [5, 5.41) is 10.8. The van der Waals surface area contributed by atoms with E-state index in [0.717, 1.165) is 0 Å². The van der Waals surface area contributed by atoms with Crippen LogP contribution in [0.4, 0.5) is 0 Å². The van der Waals surface area contributed by atoms with Crippen LogP contribution in [0.15, 0.2) is 24.3 Å². The maximum absolute atomic E-state index is 10.8. The van der Waals surface area contributed by atoms with Crippen LogP contribution in [0.1, 0.15) is 23.0 Å². The van der Waals surface area contributed by atoms with Crippen molar-refractivity contribution in [2.24, 2.45) is 5.89 Å². The molecule has 2 bridgehead atoms. The van der Waals surface area contributed by atoms with Crippen LogP contribution in [0.2, 0.25) is 0 Å². The van der Waals surface area contributed by atoms with Gasteiger partial charge in [0.1, 0.15) is 12.2 Å². The van der Waals surface area contributed by atoms with E-state index in [1.807, 2.05) is 11.9 Å². The van der Waals surface area contributed by atoms with Gasteiger partial charge >= 0.3 is 0 Å². The summed E-state index contributed by atoms with van der Waals surface area (Å²) in [6, 6.07) is 2.63. The third-order valence-corrected chi connectivity index (χ3v) is 5.57. The molecule has 2 heterocycles. The zero-order valence-electron chi connectivity index (χ0n) is 16.6. The second-order valence-electron chi connectivity index (χ2n) is 6.48. The molecule has 1 aromatic rings. The van der Waals surface area contributed by atoms with E-state index in [4.69, 9.17) is 13.6 Å². The molecule has 1 fully saturated rings. The average molecular weight is 303 g/mol. The lowest BCUT2D eigenvalue weighted by atomic mass is 9.53. The highest BCUT2D eigenvalue weighted by Gasteiger charge is 2.64. The maximum atomic E-state index is 10.8. The van der Waals surface area contributed by atoms with Crippen molar-refractivity contribution >= 4 is 0 Å². The number of likely N-dealkylation sites (N-methyl/N-ethyl adjacent to an activating group) is 1. The monoisotopic (exact) mass is 303 g/mol. The molecule has 116 valence electrons. The molecule has 0 saturated carbocycles. The van der Waals surface area contributed by atoms with Crippen molar-refractivity contribution < 1.29 is 20.1 Å². The van der Waals surface area contributed by atoms with Crippen LogP contribution in [-0.2, 0) is 11.8 Å². The lowest BCUT2D eigenvalue weighted by Gasteiger charge is -2.56. The normalized spacial score (nSPS) is 52.7. The van der Waals surface area contributed by atoms with Gasteiger partial charge in [0.25, 0.3) is 0 Å². The molecule has 5 rings (SSSR count). The standard InChI is InChI=1S/C18H21NO3/c1-19-8-7-18-11-4-5-13(20)17(18)22-16-14(21-2)6-3-10(15(16)18)9-12(11)19/h3-6,11-13,17,20H,7-9H2,1-2H3/t11-,12+,13?,17?,18-/m0/s1/i9D2,11D,13D. The molecule has 0 aromatic heterocycles. The van der Waals surface area contributed by atoms with E-state index in [1.54, 1.807) is 12.1 Å². The van der Waals surface area contributed by atoms with Gasteiger partial charge in [0.05, 0.1) is 8.48 Å². The minimum absolute atomic E-state index is 0.368. The van der Waals surface area contributed by atoms with Crippen molar-refractivity contribution in [2.75, 3.05) is 20.7 Å². The van der Waals surface area contributed by atoms with Crippen molar-refractivity contribution in [2.45, 2.75) is 36.4 Å². The van der Waals surface area contributed by atoms with Crippen molar-refractivity contribution in [3.63, 3.8) is 0 Å². The van der Waals surface area contributed by atoms with Crippen molar-refractivity contribution in [1.29, 1.82) is 0 Å². The largest absolute Gasteiger partial charge is 0.493 e. The smallest absolute Gasteiger partial charge is 0.165 e. The second kappa shape index (κ2) is 4.06. The van der Waals surface area contributed by atoms with Crippen LogP contribution in [-0.4, -0.2) is 48.9 Å². The minimum atomic E-state index is -1.99. The molecule has 1 aromatic carbocycles. The number of aliphatic hydroxyl groups is 1. The van der Waals surface area contributed by atoms with Crippen LogP contribution >= 0.6 is 0 Å². The van der Waals surface area contributed by atoms with Crippen molar-refractivity contribution in [3.05, 3.63) is 35.4 Å². The Morgan fingerprint density at radius 3 is 3.18 bits per heavy atom. The van der Waals surface area contributed by atoms with Gasteiger partial charge in [-0.3, -0.25) is 0 Å². The second-order valence-corrected chi connectivity index (χ2v) is 6.48. The fraction of sp³-hybridized carbons (Fsp3) is 0.556. The summed E-state index contributed by atoms with van der Waals surface area (Å²) < 4.78 is 47.0. The molecule has 2 aliphatic carbocycles. The van der Waals surface area contributed by atoms with Gasteiger partial charge in [0.15, 0.2) is 11.5 Å². The molecular weight excluding hydrogens is 278 g/mol. The summed E-state index contributed by atoms with van der Waals surface area (Å²) in [4.78, 5) is 1.89. The Bertz CT molecular complexity index is 857. The summed E-state index contributed by atoms with van der Waals surface area (Å²) in [5.41, 5.74) is 0.0859. The first kappa shape index (κ1) is 9.58. The maximum Gasteiger partial charge on any atom is 0.165 e. The number of hydrogen-bond acceptors (Lipinski definition) is 4. The highest BCUT2D eigenvalue weighted by Crippen LogP contribution is 2.62. The highest BCUT2D eigenvalue weighted by atomic mass is 16.5. The summed E-state index contributed by atoms with van der Waals surface area (Å²) >= 11 is 0. The van der Waals surface area contributed by atoms with Gasteiger partial charge in [0, 0.05) is 27.0 Å². The predicted molar refractivity (Wildman–Crippen MR) is 82.5 cm³/mol. The predicted octanol–water partition coefficient (Wildman–Crippen LogP) is 1.50. The van der Waals surface area contributed by atoms with Crippen LogP contribution < -0.4 is 9.47 Å². The third kappa shape index (κ3) is 1.28. The van der Waals surface area contributed by atoms with Crippen LogP contribution in [0, 0.1) is 5.89 Å². The van der Waals surface area contributed by atoms with Crippen LogP contribution in [0.5, 0.6) is 11.5 Å². The van der Waals surface area contributed by atoms with E-state index in [0.29, 0.717) is 35.6 Å². The summed E-state index contributed by atoms with van der Waals surface area (Å²) in [5.74, 6) is -0.543. The van der Waals surface area contributed by atoms with Crippen LogP contribution in [0.25, 0.3) is 0 Å². The van der Waals surface area contributed by atoms with Gasteiger partial charge in [-0.05, 0) is 38.0 Å². The molecule has 2 unspecified atom stereocenters. The minimum Gasteiger partial charge on any atom is -0.493 e. The van der Waals surface area contributed by atoms with E-state index in [2.05, 4.69) is 0 Å². The Kier molecular flexibility index (Phi) is 1.77. The lowest BCUT2D eigenvalue weighted by molar-refractivity contribution is -0.0453. The Morgan fingerprint density at radius 1 is 1.50 bits per heavy atom. The Morgan fingerprint density at radius 2 is 2.36 bits per heavy atom. The molecule has 4 aliphatic rings. The molecular formula is C18H21NO3. The van der Waals surface area contributed by atoms with E-state index < -0.39 is 35.9 Å². The quantitative estimate of drug-likeness (QED) is 0.799. The zero-order valence-corrected chi connectivity index (χ0v) is 12.6. The number of benzene rings is 1. The molecule has 0 amide bonds. The molecule has 5 atom stereocenters. The SMILES string of the molecule is [2H]C1(O)C=C[C@@]2([2H])[C@@H]3N(C)CC[C@@]24c2c(ccc(OC)c2OC14)C3([2H])[2H]. The van der Waals surface area contributed by atoms with Gasteiger partial charge in [0.2, 0.25) is 0 Å². The first-order valence-electron chi connectivity index (χ1n) is 9.63. The Labute approximate surface area is 135 Å². The topological polar surface area (TPSA) is 41.9 Å².